The van der Waals surface area contributed by atoms with Crippen LogP contribution in [0.1, 0.15) is 16.7 Å². The largest absolute Gasteiger partial charge is 0.170 e. The third-order valence-corrected chi connectivity index (χ3v) is 2.32. The summed E-state index contributed by atoms with van der Waals surface area (Å²) in [5.74, 6) is 0. The molecule has 0 N–H and O–H groups in total. The zero-order chi connectivity index (χ0) is 9.30. The zero-order valence-electron chi connectivity index (χ0n) is 8.73. The van der Waals surface area contributed by atoms with Gasteiger partial charge in [0.2, 0.25) is 0 Å². The molecule has 64 valence electrons. The van der Waals surface area contributed by atoms with E-state index in [4.69, 9.17) is 0 Å². The van der Waals surface area contributed by atoms with Crippen LogP contribution in [0, 0.1) is 20.8 Å². The van der Waals surface area contributed by atoms with Crippen molar-refractivity contribution in [3.8, 4) is 0 Å². The van der Waals surface area contributed by atoms with Gasteiger partial charge in [0.1, 0.15) is 0 Å². The highest BCUT2D eigenvalue weighted by molar-refractivity contribution is 6.71. The van der Waals surface area contributed by atoms with Gasteiger partial charge in [-0.05, 0) is 20.8 Å². The molecule has 0 atom stereocenters. The molecule has 0 unspecified atom stereocenters. The monoisotopic (exact) mass is 160 g/mol. The van der Waals surface area contributed by atoms with Gasteiger partial charge in [-0.15, -0.1) is 0 Å². The minimum Gasteiger partial charge on any atom is -0.0819 e. The second-order valence-electron chi connectivity index (χ2n) is 3.97. The van der Waals surface area contributed by atoms with Crippen LogP contribution in [-0.2, 0) is 0 Å². The first-order chi connectivity index (χ1) is 5.52. The minimum atomic E-state index is 0.644. The lowest BCUT2D eigenvalue weighted by atomic mass is 9.47. The van der Waals surface area contributed by atoms with Crippen LogP contribution >= 0.6 is 0 Å². The molecule has 0 saturated heterocycles. The van der Waals surface area contributed by atoms with Gasteiger partial charge in [-0.2, -0.15) is 0 Å². The molecule has 1 heteroatoms. The fourth-order valence-electron chi connectivity index (χ4n) is 2.10. The molecule has 0 aliphatic heterocycles. The predicted octanol–water partition coefficient (Wildman–Crippen LogP) is 2.57. The predicted molar refractivity (Wildman–Crippen MR) is 57.8 cm³/mol. The molecule has 1 aromatic carbocycles. The summed E-state index contributed by atoms with van der Waals surface area (Å²) < 4.78 is 0. The molecule has 12 heavy (non-hydrogen) atoms. The molecule has 1 rings (SSSR count). The molecule has 0 saturated carbocycles. The Hall–Kier alpha value is -0.715. The maximum absolute atomic E-state index is 2.27. The van der Waals surface area contributed by atoms with E-state index in [2.05, 4.69) is 46.6 Å². The van der Waals surface area contributed by atoms with E-state index in [9.17, 15) is 0 Å². The van der Waals surface area contributed by atoms with Crippen LogP contribution in [0.4, 0.5) is 0 Å². The third-order valence-electron chi connectivity index (χ3n) is 2.32. The van der Waals surface area contributed by atoms with E-state index in [-0.39, 0.29) is 0 Å². The number of aryl methyl sites for hydroxylation is 3. The second-order valence-corrected chi connectivity index (χ2v) is 3.97. The molecule has 0 aliphatic rings. The zero-order valence-corrected chi connectivity index (χ0v) is 8.73. The normalized spacial score (nSPS) is 10.1. The van der Waals surface area contributed by atoms with Gasteiger partial charge >= 0.3 is 0 Å². The molecule has 0 heterocycles. The average Bonchev–Trinajstić information content (AvgIpc) is 1.82. The molecule has 0 radical (unpaired) electrons. The van der Waals surface area contributed by atoms with Crippen molar-refractivity contribution in [2.24, 2.45) is 0 Å². The summed E-state index contributed by atoms with van der Waals surface area (Å²) in [4.78, 5) is 0. The molecule has 0 aromatic heterocycles. The molecular weight excluding hydrogens is 143 g/mol. The Morgan fingerprint density at radius 3 is 1.67 bits per heavy atom. The van der Waals surface area contributed by atoms with Gasteiger partial charge in [0, 0.05) is 0 Å². The van der Waals surface area contributed by atoms with E-state index in [1.165, 1.54) is 22.2 Å². The molecule has 0 bridgehead atoms. The van der Waals surface area contributed by atoms with E-state index < -0.39 is 0 Å². The average molecular weight is 160 g/mol. The molecule has 0 amide bonds. The lowest BCUT2D eigenvalue weighted by Crippen LogP contribution is -2.28. The van der Waals surface area contributed by atoms with Crippen molar-refractivity contribution in [1.29, 1.82) is 0 Å². The molecule has 1 aromatic rings. The Kier molecular flexibility index (Phi) is 2.61. The fourth-order valence-corrected chi connectivity index (χ4v) is 2.10. The Balaban J connectivity index is 3.28. The van der Waals surface area contributed by atoms with Gasteiger partial charge in [0.15, 0.2) is 6.71 Å². The van der Waals surface area contributed by atoms with Crippen molar-refractivity contribution in [3.05, 3.63) is 28.8 Å². The van der Waals surface area contributed by atoms with Crippen molar-refractivity contribution in [2.45, 2.75) is 34.4 Å². The number of hydrogen-bond donors (Lipinski definition) is 0. The van der Waals surface area contributed by atoms with E-state index in [0.29, 0.717) is 6.71 Å². The molecule has 0 spiro atoms. The van der Waals surface area contributed by atoms with Gasteiger partial charge in [0.05, 0.1) is 0 Å². The highest BCUT2D eigenvalue weighted by atomic mass is 14.0. The maximum atomic E-state index is 2.27. The summed E-state index contributed by atoms with van der Waals surface area (Å²) in [6, 6.07) is 4.53. The summed E-state index contributed by atoms with van der Waals surface area (Å²) in [6.45, 7) is 11.7. The fraction of sp³-hybridized carbons (Fsp3) is 0.455. The lowest BCUT2D eigenvalue weighted by Gasteiger charge is -2.12. The number of hydrogen-bond acceptors (Lipinski definition) is 0. The first-order valence-electron chi connectivity index (χ1n) is 4.60. The van der Waals surface area contributed by atoms with Crippen LogP contribution in [0.25, 0.3) is 0 Å². The Labute approximate surface area is 76.1 Å². The molecule has 0 aliphatic carbocycles. The Bertz CT molecular complexity index is 264. The van der Waals surface area contributed by atoms with Gasteiger partial charge in [-0.3, -0.25) is 0 Å². The Morgan fingerprint density at radius 2 is 1.33 bits per heavy atom. The van der Waals surface area contributed by atoms with Gasteiger partial charge in [0.25, 0.3) is 0 Å². The highest BCUT2D eigenvalue weighted by Crippen LogP contribution is 2.06. The molecule has 0 nitrogen and oxygen atoms in total. The summed E-state index contributed by atoms with van der Waals surface area (Å²) in [5.41, 5.74) is 5.75. The summed E-state index contributed by atoms with van der Waals surface area (Å²) in [5, 5.41) is 0. The van der Waals surface area contributed by atoms with Crippen molar-refractivity contribution in [3.63, 3.8) is 0 Å². The Morgan fingerprint density at radius 1 is 0.917 bits per heavy atom. The first-order valence-corrected chi connectivity index (χ1v) is 4.60. The van der Waals surface area contributed by atoms with Crippen LogP contribution in [0.5, 0.6) is 0 Å². The minimum absolute atomic E-state index is 0.644. The van der Waals surface area contributed by atoms with E-state index >= 15 is 0 Å². The lowest BCUT2D eigenvalue weighted by molar-refractivity contribution is 1.35. The van der Waals surface area contributed by atoms with Gasteiger partial charge in [-0.1, -0.05) is 47.9 Å². The van der Waals surface area contributed by atoms with Crippen LogP contribution < -0.4 is 5.46 Å². The summed E-state index contributed by atoms with van der Waals surface area (Å²) in [7, 11) is 0. The van der Waals surface area contributed by atoms with Crippen LogP contribution in [-0.4, -0.2) is 6.71 Å². The number of benzene rings is 1. The highest BCUT2D eigenvalue weighted by Gasteiger charge is 2.09. The topological polar surface area (TPSA) is 0 Å². The molecular formula is C11H17B. The standard InChI is InChI=1S/C11H17B/c1-8-6-9(2)11(12(4)5)10(3)7-8/h6-7H,1-5H3. The van der Waals surface area contributed by atoms with Crippen molar-refractivity contribution >= 4 is 12.2 Å². The van der Waals surface area contributed by atoms with Crippen molar-refractivity contribution < 1.29 is 0 Å². The van der Waals surface area contributed by atoms with Crippen LogP contribution in [0.3, 0.4) is 0 Å². The first kappa shape index (κ1) is 9.37. The van der Waals surface area contributed by atoms with E-state index in [1.807, 2.05) is 0 Å². The summed E-state index contributed by atoms with van der Waals surface area (Å²) in [6.07, 6.45) is 0. The van der Waals surface area contributed by atoms with Crippen molar-refractivity contribution in [1.82, 2.24) is 0 Å². The van der Waals surface area contributed by atoms with Gasteiger partial charge in [-0.25, -0.2) is 0 Å². The second kappa shape index (κ2) is 3.34. The van der Waals surface area contributed by atoms with Crippen LogP contribution in [0.2, 0.25) is 13.6 Å². The van der Waals surface area contributed by atoms with E-state index in [1.54, 1.807) is 0 Å². The third kappa shape index (κ3) is 1.71. The number of rotatable bonds is 1. The van der Waals surface area contributed by atoms with E-state index in [0.717, 1.165) is 0 Å². The van der Waals surface area contributed by atoms with Gasteiger partial charge < -0.3 is 0 Å². The van der Waals surface area contributed by atoms with Crippen molar-refractivity contribution in [2.75, 3.05) is 0 Å². The molecule has 0 fully saturated rings. The smallest absolute Gasteiger partial charge is 0.0819 e. The quantitative estimate of drug-likeness (QED) is 0.554. The summed E-state index contributed by atoms with van der Waals surface area (Å²) >= 11 is 0. The maximum Gasteiger partial charge on any atom is 0.170 e. The SMILES string of the molecule is CB(C)c1c(C)cc(C)cc1C. The van der Waals surface area contributed by atoms with Crippen LogP contribution in [0.15, 0.2) is 12.1 Å².